The molecule has 0 saturated heterocycles. The van der Waals surface area contributed by atoms with Gasteiger partial charge in [0.1, 0.15) is 0 Å². The number of rotatable bonds is 10. The van der Waals surface area contributed by atoms with Crippen LogP contribution in [0.2, 0.25) is 0 Å². The fourth-order valence-corrected chi connectivity index (χ4v) is 9.27. The molecule has 0 radical (unpaired) electrons. The molecule has 0 saturated carbocycles. The second kappa shape index (κ2) is 17.2. The molecule has 0 amide bonds. The molecule has 9 aromatic carbocycles. The van der Waals surface area contributed by atoms with Crippen LogP contribution in [0.15, 0.2) is 231 Å². The zero-order chi connectivity index (χ0) is 44.6. The molecule has 0 bridgehead atoms. The minimum atomic E-state index is 0.712. The van der Waals surface area contributed by atoms with Gasteiger partial charge >= 0.3 is 0 Å². The Balaban J connectivity index is 1.11. The Bertz CT molecular complexity index is 3230. The van der Waals surface area contributed by atoms with Gasteiger partial charge in [-0.2, -0.15) is 0 Å². The molecule has 66 heavy (non-hydrogen) atoms. The summed E-state index contributed by atoms with van der Waals surface area (Å²) in [6, 6.07) is 82.1. The predicted octanol–water partition coefficient (Wildman–Crippen LogP) is 16.4. The van der Waals surface area contributed by atoms with Gasteiger partial charge in [-0.1, -0.05) is 126 Å². The van der Waals surface area contributed by atoms with Crippen LogP contribution in [-0.2, 0) is 0 Å². The van der Waals surface area contributed by atoms with Gasteiger partial charge in [0, 0.05) is 67.3 Å². The molecule has 0 aliphatic carbocycles. The van der Waals surface area contributed by atoms with E-state index >= 15 is 0 Å². The quantitative estimate of drug-likeness (QED) is 0.137. The molecule has 0 N–H and O–H groups in total. The number of nitrogens with zero attached hydrogens (tertiary/aromatic N) is 5. The lowest BCUT2D eigenvalue weighted by Crippen LogP contribution is -2.09. The fraction of sp³-hybridized carbons (Fsp3) is 0.0492. The number of hydrogen-bond acceptors (Lipinski definition) is 4. The van der Waals surface area contributed by atoms with Gasteiger partial charge in [-0.25, -0.2) is 9.97 Å². The molecular weight excluding hydrogens is 803 g/mol. The van der Waals surface area contributed by atoms with Crippen molar-refractivity contribution >= 4 is 55.9 Å². The van der Waals surface area contributed by atoms with E-state index in [0.717, 1.165) is 95.3 Å². The summed E-state index contributed by atoms with van der Waals surface area (Å²) in [5.74, 6) is 0.712. The first-order valence-electron chi connectivity index (χ1n) is 22.5. The number of aromatic nitrogens is 3. The van der Waals surface area contributed by atoms with E-state index in [1.54, 1.807) is 0 Å². The lowest BCUT2D eigenvalue weighted by atomic mass is 10.0. The summed E-state index contributed by atoms with van der Waals surface area (Å²) in [5.41, 5.74) is 18.3. The van der Waals surface area contributed by atoms with Crippen molar-refractivity contribution in [1.29, 1.82) is 0 Å². The number of para-hydroxylation sites is 4. The maximum Gasteiger partial charge on any atom is 0.160 e. The molecule has 0 spiro atoms. The first-order chi connectivity index (χ1) is 32.4. The molecule has 2 aromatic heterocycles. The summed E-state index contributed by atoms with van der Waals surface area (Å²) in [6.07, 6.45) is 0. The Hall–Kier alpha value is -8.54. The smallest absolute Gasteiger partial charge is 0.160 e. The monoisotopic (exact) mass is 849 g/mol. The van der Waals surface area contributed by atoms with Gasteiger partial charge in [-0.05, 0) is 142 Å². The summed E-state index contributed by atoms with van der Waals surface area (Å²) >= 11 is 0. The molecule has 0 fully saturated rings. The highest BCUT2D eigenvalue weighted by Crippen LogP contribution is 2.43. The van der Waals surface area contributed by atoms with Crippen LogP contribution in [0.25, 0.3) is 61.4 Å². The molecule has 0 aliphatic rings. The van der Waals surface area contributed by atoms with Gasteiger partial charge in [-0.3, -0.25) is 0 Å². The molecule has 0 unspecified atom stereocenters. The van der Waals surface area contributed by atoms with Crippen LogP contribution < -0.4 is 9.80 Å². The third-order valence-electron chi connectivity index (χ3n) is 12.4. The summed E-state index contributed by atoms with van der Waals surface area (Å²) in [4.78, 5) is 15.0. The van der Waals surface area contributed by atoms with E-state index in [0.29, 0.717) is 5.82 Å². The third-order valence-corrected chi connectivity index (χ3v) is 12.4. The van der Waals surface area contributed by atoms with Gasteiger partial charge in [0.15, 0.2) is 5.82 Å². The zero-order valence-corrected chi connectivity index (χ0v) is 37.2. The topological polar surface area (TPSA) is 37.2 Å². The van der Waals surface area contributed by atoms with Crippen molar-refractivity contribution in [3.8, 4) is 39.6 Å². The van der Waals surface area contributed by atoms with Crippen molar-refractivity contribution in [3.05, 3.63) is 247 Å². The van der Waals surface area contributed by atoms with E-state index in [9.17, 15) is 0 Å². The largest absolute Gasteiger partial charge is 0.310 e. The van der Waals surface area contributed by atoms with Crippen molar-refractivity contribution in [2.45, 2.75) is 20.8 Å². The third kappa shape index (κ3) is 7.67. The normalized spacial score (nSPS) is 11.3. The zero-order valence-electron chi connectivity index (χ0n) is 37.2. The molecule has 11 aromatic rings. The Morgan fingerprint density at radius 2 is 0.758 bits per heavy atom. The number of anilines is 6. The molecule has 0 atom stereocenters. The van der Waals surface area contributed by atoms with Gasteiger partial charge in [0.05, 0.1) is 22.4 Å². The highest BCUT2D eigenvalue weighted by Gasteiger charge is 2.21. The Kier molecular flexibility index (Phi) is 10.5. The number of aryl methyl sites for hydroxylation is 3. The lowest BCUT2D eigenvalue weighted by molar-refractivity contribution is 1.14. The standard InChI is InChI=1S/C61H47N5/c1-42-18-16-20-45(36-42)56-41-57(63-61(62-56)47-21-17-19-43(2)37-47)46-30-33-58(44(3)38-46)66-59-34-31-52(64(48-22-8-4-9-23-48)49-24-10-5-11-25-49)39-54(59)55-40-53(32-35-60(55)66)65(50-26-12-6-13-27-50)51-28-14-7-15-29-51/h4-41H,1-3H3. The highest BCUT2D eigenvalue weighted by molar-refractivity contribution is 6.12. The summed E-state index contributed by atoms with van der Waals surface area (Å²) in [7, 11) is 0. The maximum atomic E-state index is 5.22. The van der Waals surface area contributed by atoms with Gasteiger partial charge < -0.3 is 14.4 Å². The van der Waals surface area contributed by atoms with E-state index in [1.807, 2.05) is 0 Å². The maximum absolute atomic E-state index is 5.22. The molecule has 5 nitrogen and oxygen atoms in total. The van der Waals surface area contributed by atoms with Crippen LogP contribution in [0.1, 0.15) is 16.7 Å². The van der Waals surface area contributed by atoms with Crippen LogP contribution in [0, 0.1) is 20.8 Å². The molecule has 316 valence electrons. The highest BCUT2D eigenvalue weighted by atomic mass is 15.1. The first-order valence-corrected chi connectivity index (χ1v) is 22.5. The Morgan fingerprint density at radius 1 is 0.333 bits per heavy atom. The number of fused-ring (bicyclic) bond motifs is 3. The molecule has 0 aliphatic heterocycles. The van der Waals surface area contributed by atoms with Gasteiger partial charge in [0.2, 0.25) is 0 Å². The average Bonchev–Trinajstić information content (AvgIpc) is 3.68. The van der Waals surface area contributed by atoms with Crippen molar-refractivity contribution < 1.29 is 0 Å². The lowest BCUT2D eigenvalue weighted by Gasteiger charge is -2.26. The van der Waals surface area contributed by atoms with E-state index in [-0.39, 0.29) is 0 Å². The van der Waals surface area contributed by atoms with Gasteiger partial charge in [-0.15, -0.1) is 0 Å². The second-order valence-electron chi connectivity index (χ2n) is 17.0. The van der Waals surface area contributed by atoms with E-state index in [1.165, 1.54) is 11.1 Å². The predicted molar refractivity (Wildman–Crippen MR) is 276 cm³/mol. The molecule has 2 heterocycles. The van der Waals surface area contributed by atoms with Crippen molar-refractivity contribution in [1.82, 2.24) is 14.5 Å². The van der Waals surface area contributed by atoms with Crippen molar-refractivity contribution in [3.63, 3.8) is 0 Å². The fourth-order valence-electron chi connectivity index (χ4n) is 9.27. The van der Waals surface area contributed by atoms with Gasteiger partial charge in [0.25, 0.3) is 0 Å². The SMILES string of the molecule is Cc1cccc(-c2cc(-c3ccc(-n4c5ccc(N(c6ccccc6)c6ccccc6)cc5c5cc(N(c6ccccc6)c6ccccc6)ccc54)c(C)c3)nc(-c3cccc(C)c3)n2)c1. The second-order valence-corrected chi connectivity index (χ2v) is 17.0. The van der Waals surface area contributed by atoms with Crippen molar-refractivity contribution in [2.75, 3.05) is 9.80 Å². The molecule has 5 heteroatoms. The summed E-state index contributed by atoms with van der Waals surface area (Å²) in [5, 5.41) is 2.32. The molecule has 11 rings (SSSR count). The average molecular weight is 850 g/mol. The summed E-state index contributed by atoms with van der Waals surface area (Å²) < 4.78 is 2.43. The van der Waals surface area contributed by atoms with Crippen LogP contribution in [0.5, 0.6) is 0 Å². The van der Waals surface area contributed by atoms with Crippen LogP contribution in [0.4, 0.5) is 34.1 Å². The van der Waals surface area contributed by atoms with Crippen molar-refractivity contribution in [2.24, 2.45) is 0 Å². The Labute approximate surface area is 386 Å². The number of hydrogen-bond donors (Lipinski definition) is 0. The first kappa shape index (κ1) is 40.2. The number of benzene rings is 9. The van der Waals surface area contributed by atoms with Crippen LogP contribution >= 0.6 is 0 Å². The van der Waals surface area contributed by atoms with Crippen LogP contribution in [-0.4, -0.2) is 14.5 Å². The van der Waals surface area contributed by atoms with Crippen LogP contribution in [0.3, 0.4) is 0 Å². The molecular formula is C61H47N5. The Morgan fingerprint density at radius 3 is 1.20 bits per heavy atom. The van der Waals surface area contributed by atoms with E-state index < -0.39 is 0 Å². The minimum absolute atomic E-state index is 0.712. The van der Waals surface area contributed by atoms with E-state index in [2.05, 4.69) is 266 Å². The van der Waals surface area contributed by atoms with E-state index in [4.69, 9.17) is 9.97 Å². The minimum Gasteiger partial charge on any atom is -0.310 e. The summed E-state index contributed by atoms with van der Waals surface area (Å²) in [6.45, 7) is 6.44.